The molecule has 3 atom stereocenters. The van der Waals surface area contributed by atoms with Gasteiger partial charge in [0.1, 0.15) is 12.7 Å². The lowest BCUT2D eigenvalue weighted by Crippen LogP contribution is -2.46. The maximum absolute atomic E-state index is 12.3. The summed E-state index contributed by atoms with van der Waals surface area (Å²) < 4.78 is 10.8. The molecule has 2 aliphatic heterocycles. The van der Waals surface area contributed by atoms with Gasteiger partial charge in [-0.15, -0.1) is 0 Å². The fourth-order valence-corrected chi connectivity index (χ4v) is 3.39. The number of ether oxygens (including phenoxy) is 2. The van der Waals surface area contributed by atoms with Crippen molar-refractivity contribution in [3.05, 3.63) is 35.4 Å². The molecular formula is C17H22N4O3. The van der Waals surface area contributed by atoms with Crippen LogP contribution in [0.4, 0.5) is 0 Å². The highest BCUT2D eigenvalue weighted by atomic mass is 16.5. The Balaban J connectivity index is 1.92. The molecule has 0 aliphatic carbocycles. The van der Waals surface area contributed by atoms with Crippen molar-refractivity contribution >= 4 is 17.8 Å². The SMILES string of the molecule is CC1=NC(C(N)=O)(c2ccccc2CCC2COC(N)=N2)C(C)O1. The highest BCUT2D eigenvalue weighted by Gasteiger charge is 2.50. The van der Waals surface area contributed by atoms with Crippen LogP contribution in [0.2, 0.25) is 0 Å². The Hall–Kier alpha value is -2.57. The van der Waals surface area contributed by atoms with Gasteiger partial charge >= 0.3 is 0 Å². The molecular weight excluding hydrogens is 308 g/mol. The molecule has 3 rings (SSSR count). The summed E-state index contributed by atoms with van der Waals surface area (Å²) in [6.07, 6.45) is 1.04. The lowest BCUT2D eigenvalue weighted by Gasteiger charge is -2.28. The smallest absolute Gasteiger partial charge is 0.282 e. The van der Waals surface area contributed by atoms with Crippen LogP contribution in [0.5, 0.6) is 0 Å². The Morgan fingerprint density at radius 2 is 2.17 bits per heavy atom. The van der Waals surface area contributed by atoms with Crippen molar-refractivity contribution < 1.29 is 14.3 Å². The summed E-state index contributed by atoms with van der Waals surface area (Å²) in [5, 5.41) is 0. The van der Waals surface area contributed by atoms with Crippen LogP contribution in [0.15, 0.2) is 34.3 Å². The van der Waals surface area contributed by atoms with Crippen molar-refractivity contribution in [2.24, 2.45) is 21.5 Å². The highest BCUT2D eigenvalue weighted by Crippen LogP contribution is 2.38. The molecule has 0 saturated carbocycles. The number of aryl methyl sites for hydroxylation is 1. The number of aliphatic imine (C=N–C) groups is 2. The normalized spacial score (nSPS) is 28.8. The van der Waals surface area contributed by atoms with Gasteiger partial charge in [0, 0.05) is 6.92 Å². The van der Waals surface area contributed by atoms with E-state index in [4.69, 9.17) is 20.9 Å². The van der Waals surface area contributed by atoms with Crippen LogP contribution in [0.3, 0.4) is 0 Å². The fourth-order valence-electron chi connectivity index (χ4n) is 3.39. The molecule has 0 radical (unpaired) electrons. The Labute approximate surface area is 140 Å². The number of hydrogen-bond acceptors (Lipinski definition) is 6. The summed E-state index contributed by atoms with van der Waals surface area (Å²) in [6.45, 7) is 4.04. The summed E-state index contributed by atoms with van der Waals surface area (Å²) in [4.78, 5) is 21.0. The molecule has 0 fully saturated rings. The molecule has 0 saturated heterocycles. The molecule has 1 aromatic carbocycles. The third kappa shape index (κ3) is 2.70. The molecule has 2 heterocycles. The van der Waals surface area contributed by atoms with Crippen LogP contribution < -0.4 is 11.5 Å². The van der Waals surface area contributed by atoms with Gasteiger partial charge in [0.25, 0.3) is 11.9 Å². The van der Waals surface area contributed by atoms with E-state index < -0.39 is 17.6 Å². The molecule has 7 nitrogen and oxygen atoms in total. The second-order valence-electron chi connectivity index (χ2n) is 6.15. The zero-order valence-electron chi connectivity index (χ0n) is 13.9. The molecule has 2 aliphatic rings. The number of amidine groups is 1. The summed E-state index contributed by atoms with van der Waals surface area (Å²) in [5.74, 6) is -0.0385. The Morgan fingerprint density at radius 1 is 1.42 bits per heavy atom. The van der Waals surface area contributed by atoms with Crippen LogP contribution >= 0.6 is 0 Å². The minimum Gasteiger partial charge on any atom is -0.475 e. The molecule has 24 heavy (non-hydrogen) atoms. The van der Waals surface area contributed by atoms with Crippen molar-refractivity contribution in [1.29, 1.82) is 0 Å². The van der Waals surface area contributed by atoms with E-state index in [0.29, 0.717) is 12.5 Å². The summed E-state index contributed by atoms with van der Waals surface area (Å²) >= 11 is 0. The first-order valence-electron chi connectivity index (χ1n) is 8.01. The maximum atomic E-state index is 12.3. The molecule has 0 aromatic heterocycles. The van der Waals surface area contributed by atoms with Crippen molar-refractivity contribution in [3.63, 3.8) is 0 Å². The number of amides is 1. The van der Waals surface area contributed by atoms with E-state index in [1.807, 2.05) is 31.2 Å². The molecule has 1 amide bonds. The third-order valence-corrected chi connectivity index (χ3v) is 4.55. The second-order valence-corrected chi connectivity index (χ2v) is 6.15. The number of nitrogens with two attached hydrogens (primary N) is 2. The van der Waals surface area contributed by atoms with E-state index in [1.165, 1.54) is 0 Å². The van der Waals surface area contributed by atoms with Gasteiger partial charge in [-0.05, 0) is 30.9 Å². The van der Waals surface area contributed by atoms with Gasteiger partial charge in [0.05, 0.1) is 6.04 Å². The number of primary amides is 1. The molecule has 1 aromatic rings. The fraction of sp³-hybridized carbons (Fsp3) is 0.471. The number of carbonyl (C=O) groups is 1. The van der Waals surface area contributed by atoms with E-state index in [-0.39, 0.29) is 12.1 Å². The molecule has 0 spiro atoms. The number of rotatable bonds is 5. The molecule has 7 heteroatoms. The largest absolute Gasteiger partial charge is 0.475 e. The topological polar surface area (TPSA) is 112 Å². The monoisotopic (exact) mass is 330 g/mol. The number of nitrogens with zero attached hydrogens (tertiary/aromatic N) is 2. The van der Waals surface area contributed by atoms with Gasteiger partial charge in [0.15, 0.2) is 5.90 Å². The Bertz CT molecular complexity index is 716. The minimum absolute atomic E-state index is 0.0325. The van der Waals surface area contributed by atoms with Gasteiger partial charge in [-0.3, -0.25) is 4.79 Å². The molecule has 128 valence electrons. The van der Waals surface area contributed by atoms with Crippen LogP contribution in [0.25, 0.3) is 0 Å². The summed E-state index contributed by atoms with van der Waals surface area (Å²) in [5.41, 5.74) is 11.9. The van der Waals surface area contributed by atoms with Gasteiger partial charge in [0.2, 0.25) is 5.54 Å². The van der Waals surface area contributed by atoms with E-state index in [2.05, 4.69) is 9.98 Å². The average molecular weight is 330 g/mol. The molecule has 4 N–H and O–H groups in total. The van der Waals surface area contributed by atoms with Crippen LogP contribution in [0, 0.1) is 0 Å². The standard InChI is InChI=1S/C17H22N4O3/c1-10-17(15(18)22,21-11(2)24-10)14-6-4-3-5-12(14)7-8-13-9-23-16(19)20-13/h3-6,10,13H,7-9H2,1-2H3,(H2,18,22)(H2,19,20). The first-order valence-corrected chi connectivity index (χ1v) is 8.01. The van der Waals surface area contributed by atoms with Crippen molar-refractivity contribution in [3.8, 4) is 0 Å². The maximum Gasteiger partial charge on any atom is 0.282 e. The van der Waals surface area contributed by atoms with E-state index >= 15 is 0 Å². The van der Waals surface area contributed by atoms with Gasteiger partial charge in [-0.25, -0.2) is 9.98 Å². The van der Waals surface area contributed by atoms with Crippen molar-refractivity contribution in [2.45, 2.75) is 44.4 Å². The number of benzene rings is 1. The predicted molar refractivity (Wildman–Crippen MR) is 90.7 cm³/mol. The van der Waals surface area contributed by atoms with E-state index in [1.54, 1.807) is 6.92 Å². The first kappa shape index (κ1) is 16.3. The summed E-state index contributed by atoms with van der Waals surface area (Å²) in [6, 6.07) is 7.97. The van der Waals surface area contributed by atoms with Crippen LogP contribution in [-0.2, 0) is 26.2 Å². The highest BCUT2D eigenvalue weighted by molar-refractivity contribution is 5.93. The number of carbonyl (C=O) groups excluding carboxylic acids is 1. The Morgan fingerprint density at radius 3 is 2.75 bits per heavy atom. The zero-order valence-corrected chi connectivity index (χ0v) is 13.9. The van der Waals surface area contributed by atoms with E-state index in [9.17, 15) is 4.79 Å². The zero-order chi connectivity index (χ0) is 17.3. The van der Waals surface area contributed by atoms with Gasteiger partial charge < -0.3 is 20.9 Å². The van der Waals surface area contributed by atoms with Gasteiger partial charge in [-0.1, -0.05) is 24.3 Å². The average Bonchev–Trinajstić information content (AvgIpc) is 3.09. The lowest BCUT2D eigenvalue weighted by atomic mass is 9.81. The third-order valence-electron chi connectivity index (χ3n) is 4.55. The van der Waals surface area contributed by atoms with Gasteiger partial charge in [-0.2, -0.15) is 0 Å². The van der Waals surface area contributed by atoms with E-state index in [0.717, 1.165) is 24.0 Å². The minimum atomic E-state index is -1.19. The number of hydrogen-bond donors (Lipinski definition) is 2. The molecule has 0 bridgehead atoms. The lowest BCUT2D eigenvalue weighted by molar-refractivity contribution is -0.125. The quantitative estimate of drug-likeness (QED) is 0.833. The van der Waals surface area contributed by atoms with Crippen molar-refractivity contribution in [2.75, 3.05) is 6.61 Å². The molecule has 3 unspecified atom stereocenters. The van der Waals surface area contributed by atoms with Crippen LogP contribution in [-0.4, -0.2) is 36.6 Å². The first-order chi connectivity index (χ1) is 11.4. The predicted octanol–water partition coefficient (Wildman–Crippen LogP) is 0.850. The Kier molecular flexibility index (Phi) is 4.17. The second kappa shape index (κ2) is 6.14. The van der Waals surface area contributed by atoms with Crippen molar-refractivity contribution in [1.82, 2.24) is 0 Å². The summed E-state index contributed by atoms with van der Waals surface area (Å²) in [7, 11) is 0. The van der Waals surface area contributed by atoms with Crippen LogP contribution in [0.1, 0.15) is 31.4 Å².